The third-order valence-corrected chi connectivity index (χ3v) is 4.66. The second-order valence-corrected chi connectivity index (χ2v) is 5.83. The van der Waals surface area contributed by atoms with Crippen LogP contribution in [-0.4, -0.2) is 31.9 Å². The fraction of sp³-hybridized carbons (Fsp3) is 0.333. The zero-order chi connectivity index (χ0) is 11.1. The lowest BCUT2D eigenvalue weighted by molar-refractivity contribution is 0.265. The summed E-state index contributed by atoms with van der Waals surface area (Å²) in [4.78, 5) is 0.151. The highest BCUT2D eigenvalue weighted by Gasteiger charge is 2.35. The van der Waals surface area contributed by atoms with Crippen molar-refractivity contribution in [2.45, 2.75) is 10.9 Å². The molecule has 1 aromatic carbocycles. The average Bonchev–Trinajstić information content (AvgIpc) is 2.13. The minimum Gasteiger partial charge on any atom is -0.325 e. The second kappa shape index (κ2) is 3.75. The van der Waals surface area contributed by atoms with Gasteiger partial charge in [0.05, 0.1) is 5.02 Å². The molecule has 1 aliphatic rings. The smallest absolute Gasteiger partial charge is 0.244 e. The standard InChI is InChI=1S/C9H11ClN2O2S/c10-8-3-1-2-4-9(8)15(13,14)12-5-7(11)6-12/h1-4,7H,5-6,11H2. The molecule has 1 fully saturated rings. The van der Waals surface area contributed by atoms with Crippen molar-refractivity contribution in [1.29, 1.82) is 0 Å². The number of rotatable bonds is 2. The molecule has 4 nitrogen and oxygen atoms in total. The molecule has 0 spiro atoms. The first-order chi connectivity index (χ1) is 7.01. The molecule has 1 aliphatic heterocycles. The van der Waals surface area contributed by atoms with Crippen LogP contribution in [0.3, 0.4) is 0 Å². The Hall–Kier alpha value is -0.620. The largest absolute Gasteiger partial charge is 0.325 e. The van der Waals surface area contributed by atoms with Gasteiger partial charge in [-0.3, -0.25) is 0 Å². The number of nitrogens with zero attached hydrogens (tertiary/aromatic N) is 1. The van der Waals surface area contributed by atoms with E-state index in [0.29, 0.717) is 13.1 Å². The Kier molecular flexibility index (Phi) is 2.72. The molecule has 6 heteroatoms. The molecule has 0 aromatic heterocycles. The molecule has 82 valence electrons. The number of hydrogen-bond acceptors (Lipinski definition) is 3. The first-order valence-electron chi connectivity index (χ1n) is 4.52. The van der Waals surface area contributed by atoms with Gasteiger partial charge in [-0.1, -0.05) is 23.7 Å². The van der Waals surface area contributed by atoms with Crippen molar-refractivity contribution in [3.63, 3.8) is 0 Å². The Morgan fingerprint density at radius 2 is 1.93 bits per heavy atom. The van der Waals surface area contributed by atoms with Crippen molar-refractivity contribution in [3.8, 4) is 0 Å². The number of hydrogen-bond donors (Lipinski definition) is 1. The molecule has 1 heterocycles. The molecule has 0 unspecified atom stereocenters. The Bertz CT molecular complexity index is 469. The summed E-state index contributed by atoms with van der Waals surface area (Å²) >= 11 is 5.83. The van der Waals surface area contributed by atoms with E-state index in [1.54, 1.807) is 18.2 Å². The summed E-state index contributed by atoms with van der Waals surface area (Å²) in [6.45, 7) is 0.737. The van der Waals surface area contributed by atoms with Gasteiger partial charge in [-0.05, 0) is 12.1 Å². The summed E-state index contributed by atoms with van der Waals surface area (Å²) in [5.41, 5.74) is 5.54. The van der Waals surface area contributed by atoms with Crippen LogP contribution in [0.1, 0.15) is 0 Å². The molecule has 1 aromatic rings. The van der Waals surface area contributed by atoms with Crippen LogP contribution in [0, 0.1) is 0 Å². The van der Waals surface area contributed by atoms with Gasteiger partial charge in [-0.15, -0.1) is 0 Å². The summed E-state index contributed by atoms with van der Waals surface area (Å²) in [5.74, 6) is 0. The fourth-order valence-electron chi connectivity index (χ4n) is 1.46. The predicted octanol–water partition coefficient (Wildman–Crippen LogP) is 0.672. The highest BCUT2D eigenvalue weighted by Crippen LogP contribution is 2.26. The van der Waals surface area contributed by atoms with Crippen LogP contribution in [0.25, 0.3) is 0 Å². The molecule has 0 saturated carbocycles. The molecule has 0 amide bonds. The van der Waals surface area contributed by atoms with Crippen molar-refractivity contribution in [3.05, 3.63) is 29.3 Å². The molecule has 0 bridgehead atoms. The van der Waals surface area contributed by atoms with Crippen molar-refractivity contribution in [2.24, 2.45) is 5.73 Å². The van der Waals surface area contributed by atoms with E-state index < -0.39 is 10.0 Å². The maximum Gasteiger partial charge on any atom is 0.244 e. The van der Waals surface area contributed by atoms with E-state index in [0.717, 1.165) is 0 Å². The fourth-order valence-corrected chi connectivity index (χ4v) is 3.51. The summed E-state index contributed by atoms with van der Waals surface area (Å²) < 4.78 is 25.3. The lowest BCUT2D eigenvalue weighted by Crippen LogP contribution is -2.57. The molecular formula is C9H11ClN2O2S. The van der Waals surface area contributed by atoms with E-state index in [1.807, 2.05) is 0 Å². The minimum atomic E-state index is -3.44. The molecular weight excluding hydrogens is 236 g/mol. The van der Waals surface area contributed by atoms with Crippen LogP contribution >= 0.6 is 11.6 Å². The zero-order valence-corrected chi connectivity index (χ0v) is 9.50. The van der Waals surface area contributed by atoms with E-state index in [9.17, 15) is 8.42 Å². The monoisotopic (exact) mass is 246 g/mol. The normalized spacial score (nSPS) is 18.8. The number of sulfonamides is 1. The van der Waals surface area contributed by atoms with Crippen molar-refractivity contribution in [1.82, 2.24) is 4.31 Å². The maximum absolute atomic E-state index is 12.0. The summed E-state index contributed by atoms with van der Waals surface area (Å²) in [5, 5.41) is 0.248. The molecule has 15 heavy (non-hydrogen) atoms. The Labute approximate surface area is 93.7 Å². The summed E-state index contributed by atoms with van der Waals surface area (Å²) in [6, 6.07) is 6.36. The molecule has 2 N–H and O–H groups in total. The van der Waals surface area contributed by atoms with Crippen LogP contribution in [0.2, 0.25) is 5.02 Å². The van der Waals surface area contributed by atoms with Gasteiger partial charge in [-0.2, -0.15) is 4.31 Å². The van der Waals surface area contributed by atoms with E-state index in [2.05, 4.69) is 0 Å². The van der Waals surface area contributed by atoms with Gasteiger partial charge in [0.1, 0.15) is 4.90 Å². The lowest BCUT2D eigenvalue weighted by atomic mass is 10.2. The Balaban J connectivity index is 2.35. The average molecular weight is 247 g/mol. The highest BCUT2D eigenvalue weighted by atomic mass is 35.5. The molecule has 0 radical (unpaired) electrons. The van der Waals surface area contributed by atoms with E-state index in [1.165, 1.54) is 10.4 Å². The summed E-state index contributed by atoms with van der Waals surface area (Å²) in [6.07, 6.45) is 0. The maximum atomic E-state index is 12.0. The minimum absolute atomic E-state index is 0.0535. The lowest BCUT2D eigenvalue weighted by Gasteiger charge is -2.35. The van der Waals surface area contributed by atoms with Gasteiger partial charge < -0.3 is 5.73 Å². The third kappa shape index (κ3) is 1.88. The van der Waals surface area contributed by atoms with Crippen LogP contribution in [0.5, 0.6) is 0 Å². The van der Waals surface area contributed by atoms with Gasteiger partial charge in [0.2, 0.25) is 10.0 Å². The third-order valence-electron chi connectivity index (χ3n) is 2.33. The first kappa shape index (κ1) is 10.9. The van der Waals surface area contributed by atoms with E-state index in [-0.39, 0.29) is 16.0 Å². The number of halogens is 1. The van der Waals surface area contributed by atoms with E-state index in [4.69, 9.17) is 17.3 Å². The molecule has 2 rings (SSSR count). The predicted molar refractivity (Wildman–Crippen MR) is 58.2 cm³/mol. The van der Waals surface area contributed by atoms with Crippen molar-refractivity contribution in [2.75, 3.05) is 13.1 Å². The number of benzene rings is 1. The molecule has 0 aliphatic carbocycles. The van der Waals surface area contributed by atoms with Gasteiger partial charge in [0, 0.05) is 19.1 Å². The second-order valence-electron chi connectivity index (χ2n) is 3.51. The van der Waals surface area contributed by atoms with Crippen LogP contribution in [0.15, 0.2) is 29.2 Å². The van der Waals surface area contributed by atoms with Crippen LogP contribution in [0.4, 0.5) is 0 Å². The van der Waals surface area contributed by atoms with E-state index >= 15 is 0 Å². The highest BCUT2D eigenvalue weighted by molar-refractivity contribution is 7.89. The zero-order valence-electron chi connectivity index (χ0n) is 7.93. The Morgan fingerprint density at radius 3 is 2.47 bits per heavy atom. The first-order valence-corrected chi connectivity index (χ1v) is 6.34. The van der Waals surface area contributed by atoms with Gasteiger partial charge in [-0.25, -0.2) is 8.42 Å². The summed E-state index contributed by atoms with van der Waals surface area (Å²) in [7, 11) is -3.44. The van der Waals surface area contributed by atoms with Crippen LogP contribution < -0.4 is 5.73 Å². The van der Waals surface area contributed by atoms with Gasteiger partial charge >= 0.3 is 0 Å². The van der Waals surface area contributed by atoms with Crippen LogP contribution in [-0.2, 0) is 10.0 Å². The Morgan fingerprint density at radius 1 is 1.33 bits per heavy atom. The number of nitrogens with two attached hydrogens (primary N) is 1. The molecule has 1 saturated heterocycles. The topological polar surface area (TPSA) is 63.4 Å². The van der Waals surface area contributed by atoms with Crippen molar-refractivity contribution < 1.29 is 8.42 Å². The van der Waals surface area contributed by atoms with Gasteiger partial charge in [0.25, 0.3) is 0 Å². The quantitative estimate of drug-likeness (QED) is 0.834. The molecule has 0 atom stereocenters. The van der Waals surface area contributed by atoms with Gasteiger partial charge in [0.15, 0.2) is 0 Å². The van der Waals surface area contributed by atoms with Crippen molar-refractivity contribution >= 4 is 21.6 Å². The SMILES string of the molecule is NC1CN(S(=O)(=O)c2ccccc2Cl)C1.